The third-order valence-corrected chi connectivity index (χ3v) is 2.75. The fraction of sp³-hybridized carbons (Fsp3) is 0.188. The van der Waals surface area contributed by atoms with Gasteiger partial charge in [0, 0.05) is 23.5 Å². The number of carbonyl (C=O) groups is 1. The second kappa shape index (κ2) is 11.5. The molecule has 0 bridgehead atoms. The van der Waals surface area contributed by atoms with E-state index in [4.69, 9.17) is 44.3 Å². The van der Waals surface area contributed by atoms with Crippen molar-refractivity contribution in [1.82, 2.24) is 10.4 Å². The Morgan fingerprint density at radius 1 is 1.16 bits per heavy atom. The van der Waals surface area contributed by atoms with Gasteiger partial charge in [-0.1, -0.05) is 40.9 Å². The van der Waals surface area contributed by atoms with Crippen molar-refractivity contribution in [1.29, 1.82) is 0 Å². The van der Waals surface area contributed by atoms with E-state index in [1.54, 1.807) is 44.8 Å². The number of halogens is 3. The largest absolute Gasteiger partial charge is 0.493 e. The van der Waals surface area contributed by atoms with Gasteiger partial charge >= 0.3 is 0 Å². The Balaban J connectivity index is 0.000000705. The van der Waals surface area contributed by atoms with Gasteiger partial charge in [0.2, 0.25) is 0 Å². The first-order valence-electron chi connectivity index (χ1n) is 6.86. The van der Waals surface area contributed by atoms with Gasteiger partial charge in [0.25, 0.3) is 5.91 Å². The van der Waals surface area contributed by atoms with E-state index < -0.39 is 4.30 Å². The molecule has 0 fully saturated rings. The molecule has 1 aromatic heterocycles. The molecule has 1 amide bonds. The number of nitrogens with one attached hydrogen (secondary N) is 1. The van der Waals surface area contributed by atoms with Crippen molar-refractivity contribution < 1.29 is 14.3 Å². The highest BCUT2D eigenvalue weighted by molar-refractivity contribution is 6.63. The quantitative estimate of drug-likeness (QED) is 0.467. The number of pyridine rings is 1. The molecule has 0 aliphatic heterocycles. The zero-order valence-corrected chi connectivity index (χ0v) is 15.7. The summed E-state index contributed by atoms with van der Waals surface area (Å²) in [4.78, 5) is 15.7. The van der Waals surface area contributed by atoms with E-state index in [9.17, 15) is 4.79 Å². The first-order chi connectivity index (χ1) is 12.0. The minimum atomic E-state index is -0.750. The molecule has 0 atom stereocenters. The van der Waals surface area contributed by atoms with Crippen LogP contribution in [0.2, 0.25) is 0 Å². The summed E-state index contributed by atoms with van der Waals surface area (Å²) in [5.74, 6) is 0.847. The van der Waals surface area contributed by atoms with Crippen LogP contribution in [-0.2, 0) is 0 Å². The summed E-state index contributed by atoms with van der Waals surface area (Å²) in [5, 5.41) is 3.92. The number of benzene rings is 1. The molecule has 2 aromatic rings. The fourth-order valence-corrected chi connectivity index (χ4v) is 1.74. The molecule has 0 saturated carbocycles. The molecular formula is C16H16Cl3N3O3. The van der Waals surface area contributed by atoms with Crippen LogP contribution in [0.4, 0.5) is 0 Å². The Bertz CT molecular complexity index is 695. The number of amides is 1. The zero-order chi connectivity index (χ0) is 18.7. The highest BCUT2D eigenvalue weighted by Gasteiger charge is 2.07. The number of hydrogen-bond donors (Lipinski definition) is 1. The van der Waals surface area contributed by atoms with E-state index in [-0.39, 0.29) is 5.91 Å². The molecule has 25 heavy (non-hydrogen) atoms. The summed E-state index contributed by atoms with van der Waals surface area (Å²) in [6.07, 6.45) is 4.59. The van der Waals surface area contributed by atoms with Gasteiger partial charge < -0.3 is 9.47 Å². The summed E-state index contributed by atoms with van der Waals surface area (Å²) in [6.45, 7) is 0. The number of alkyl halides is 3. The number of para-hydroxylation sites is 1. The van der Waals surface area contributed by atoms with Crippen LogP contribution >= 0.6 is 34.8 Å². The number of ether oxygens (including phenoxy) is 2. The van der Waals surface area contributed by atoms with E-state index in [1.807, 2.05) is 12.1 Å². The van der Waals surface area contributed by atoms with Gasteiger partial charge in [0.1, 0.15) is 0 Å². The molecule has 1 N–H and O–H groups in total. The summed E-state index contributed by atoms with van der Waals surface area (Å²) >= 11 is 14.4. The second-order valence-corrected chi connectivity index (χ2v) is 6.24. The van der Waals surface area contributed by atoms with Crippen molar-refractivity contribution in [2.75, 3.05) is 14.2 Å². The van der Waals surface area contributed by atoms with Crippen LogP contribution in [0, 0.1) is 0 Å². The number of hydrogen-bond acceptors (Lipinski definition) is 5. The molecule has 0 spiro atoms. The smallest absolute Gasteiger partial charge is 0.271 e. The number of methoxy groups -OCH3 is 2. The van der Waals surface area contributed by atoms with Crippen molar-refractivity contribution in [3.8, 4) is 11.5 Å². The van der Waals surface area contributed by atoms with Crippen LogP contribution in [0.15, 0.2) is 47.8 Å². The molecule has 0 aliphatic rings. The summed E-state index contributed by atoms with van der Waals surface area (Å²) < 4.78 is 9.71. The Kier molecular flexibility index (Phi) is 9.69. The van der Waals surface area contributed by atoms with Gasteiger partial charge in [-0.25, -0.2) is 5.43 Å². The lowest BCUT2D eigenvalue weighted by molar-refractivity contribution is 0.0955. The van der Waals surface area contributed by atoms with Crippen LogP contribution in [0.5, 0.6) is 11.5 Å². The van der Waals surface area contributed by atoms with Crippen molar-refractivity contribution in [2.45, 2.75) is 4.30 Å². The highest BCUT2D eigenvalue weighted by atomic mass is 35.6. The normalized spacial score (nSPS) is 10.2. The molecule has 1 aromatic carbocycles. The maximum absolute atomic E-state index is 11.8. The highest BCUT2D eigenvalue weighted by Crippen LogP contribution is 2.29. The summed E-state index contributed by atoms with van der Waals surface area (Å²) in [6, 6.07) is 8.62. The zero-order valence-electron chi connectivity index (χ0n) is 13.4. The van der Waals surface area contributed by atoms with Gasteiger partial charge in [-0.2, -0.15) is 5.10 Å². The van der Waals surface area contributed by atoms with Crippen molar-refractivity contribution in [3.05, 3.63) is 53.9 Å². The SMILES string of the molecule is COc1cccc(/C=N/NC(=O)c2ccncc2)c1OC.ClC(Cl)Cl. The van der Waals surface area contributed by atoms with Gasteiger partial charge in [0.15, 0.2) is 15.8 Å². The topological polar surface area (TPSA) is 72.8 Å². The number of hydrazone groups is 1. The number of rotatable bonds is 5. The molecule has 0 aliphatic carbocycles. The van der Waals surface area contributed by atoms with Crippen molar-refractivity contribution in [3.63, 3.8) is 0 Å². The summed E-state index contributed by atoms with van der Waals surface area (Å²) in [5.41, 5.74) is 3.63. The molecule has 0 saturated heterocycles. The average Bonchev–Trinajstić information content (AvgIpc) is 2.61. The maximum Gasteiger partial charge on any atom is 0.271 e. The average molecular weight is 405 g/mol. The van der Waals surface area contributed by atoms with Crippen LogP contribution in [0.25, 0.3) is 0 Å². The maximum atomic E-state index is 11.8. The fourth-order valence-electron chi connectivity index (χ4n) is 1.74. The van der Waals surface area contributed by atoms with Crippen LogP contribution in [-0.4, -0.2) is 35.6 Å². The van der Waals surface area contributed by atoms with E-state index in [2.05, 4.69) is 15.5 Å². The Labute approximate surface area is 160 Å². The number of nitrogens with zero attached hydrogens (tertiary/aromatic N) is 2. The van der Waals surface area contributed by atoms with E-state index in [0.717, 1.165) is 0 Å². The van der Waals surface area contributed by atoms with E-state index >= 15 is 0 Å². The van der Waals surface area contributed by atoms with Crippen molar-refractivity contribution in [2.24, 2.45) is 5.10 Å². The molecule has 134 valence electrons. The summed E-state index contributed by atoms with van der Waals surface area (Å²) in [7, 11) is 3.11. The van der Waals surface area contributed by atoms with Crippen molar-refractivity contribution >= 4 is 46.9 Å². The monoisotopic (exact) mass is 403 g/mol. The van der Waals surface area contributed by atoms with Gasteiger partial charge in [-0.05, 0) is 24.3 Å². The number of aromatic nitrogens is 1. The minimum absolute atomic E-state index is 0.310. The van der Waals surface area contributed by atoms with Crippen LogP contribution in [0.3, 0.4) is 0 Å². The molecule has 6 nitrogen and oxygen atoms in total. The van der Waals surface area contributed by atoms with Crippen LogP contribution < -0.4 is 14.9 Å². The van der Waals surface area contributed by atoms with E-state index in [1.165, 1.54) is 6.21 Å². The van der Waals surface area contributed by atoms with Crippen LogP contribution in [0.1, 0.15) is 15.9 Å². The predicted molar refractivity (Wildman–Crippen MR) is 100 cm³/mol. The standard InChI is InChI=1S/C15H15N3O3.CHCl3/c1-20-13-5-3-4-12(14(13)21-2)10-17-18-15(19)11-6-8-16-9-7-11;2-1(3)4/h3-10H,1-2H3,(H,18,19);1H/b17-10+;. The van der Waals surface area contributed by atoms with Gasteiger partial charge in [-0.15, -0.1) is 0 Å². The van der Waals surface area contributed by atoms with Gasteiger partial charge in [-0.3, -0.25) is 9.78 Å². The minimum Gasteiger partial charge on any atom is -0.493 e. The Hall–Kier alpha value is -2.02. The molecular weight excluding hydrogens is 389 g/mol. The first kappa shape index (κ1) is 21.0. The number of carbonyl (C=O) groups excluding carboxylic acids is 1. The molecule has 9 heteroatoms. The Morgan fingerprint density at radius 3 is 2.36 bits per heavy atom. The van der Waals surface area contributed by atoms with E-state index in [0.29, 0.717) is 22.6 Å². The lowest BCUT2D eigenvalue weighted by Crippen LogP contribution is -2.17. The third-order valence-electron chi connectivity index (χ3n) is 2.75. The molecule has 0 unspecified atom stereocenters. The Morgan fingerprint density at radius 2 is 1.80 bits per heavy atom. The lowest BCUT2D eigenvalue weighted by atomic mass is 10.2. The second-order valence-electron chi connectivity index (χ2n) is 4.27. The predicted octanol–water partition coefficient (Wildman–Crippen LogP) is 3.85. The first-order valence-corrected chi connectivity index (χ1v) is 8.17. The molecule has 2 rings (SSSR count). The van der Waals surface area contributed by atoms with Gasteiger partial charge in [0.05, 0.1) is 20.4 Å². The third kappa shape index (κ3) is 7.60. The molecule has 0 radical (unpaired) electrons. The lowest BCUT2D eigenvalue weighted by Gasteiger charge is -2.09. The molecule has 1 heterocycles.